The van der Waals surface area contributed by atoms with E-state index < -0.39 is 29.3 Å². The zero-order valence-corrected chi connectivity index (χ0v) is 15.0. The van der Waals surface area contributed by atoms with Crippen LogP contribution in [0.1, 0.15) is 20.7 Å². The van der Waals surface area contributed by atoms with Crippen LogP contribution in [0.5, 0.6) is 5.75 Å². The highest BCUT2D eigenvalue weighted by atomic mass is 35.5. The van der Waals surface area contributed by atoms with Gasteiger partial charge in [0.1, 0.15) is 25.5 Å². The smallest absolute Gasteiger partial charge is 0.326 e. The second-order valence-corrected chi connectivity index (χ2v) is 6.14. The van der Waals surface area contributed by atoms with E-state index in [1.807, 2.05) is 0 Å². The fourth-order valence-corrected chi connectivity index (χ4v) is 2.68. The number of rotatable bonds is 7. The summed E-state index contributed by atoms with van der Waals surface area (Å²) in [6, 6.07) is 9.94. The third-order valence-corrected chi connectivity index (χ3v) is 4.13. The third kappa shape index (κ3) is 4.09. The molecule has 2 amide bonds. The number of esters is 1. The first-order valence-electron chi connectivity index (χ1n) is 8.05. The molecule has 1 aliphatic heterocycles. The van der Waals surface area contributed by atoms with Crippen LogP contribution in [0.25, 0.3) is 0 Å². The highest BCUT2D eigenvalue weighted by Crippen LogP contribution is 2.26. The molecule has 0 N–H and O–H groups in total. The predicted octanol–water partition coefficient (Wildman–Crippen LogP) is 2.47. The van der Waals surface area contributed by atoms with Crippen molar-refractivity contribution in [2.45, 2.75) is 0 Å². The summed E-state index contributed by atoms with van der Waals surface area (Å²) in [5.74, 6) is -1.74. The average Bonchev–Trinajstić information content (AvgIpc) is 2.91. The summed E-state index contributed by atoms with van der Waals surface area (Å²) in [5.41, 5.74) is -0.420. The number of halogens is 1. The highest BCUT2D eigenvalue weighted by Gasteiger charge is 2.38. The van der Waals surface area contributed by atoms with Crippen LogP contribution in [0.3, 0.4) is 0 Å². The van der Waals surface area contributed by atoms with Gasteiger partial charge in [-0.15, -0.1) is 0 Å². The summed E-state index contributed by atoms with van der Waals surface area (Å²) in [6.07, 6.45) is 0. The van der Waals surface area contributed by atoms with Crippen molar-refractivity contribution < 1.29 is 28.8 Å². The first-order valence-corrected chi connectivity index (χ1v) is 8.43. The lowest BCUT2D eigenvalue weighted by Gasteiger charge is -2.13. The number of ether oxygens (including phenoxy) is 2. The van der Waals surface area contributed by atoms with E-state index in [2.05, 4.69) is 0 Å². The number of carbonyl (C=O) groups excluding carboxylic acids is 3. The van der Waals surface area contributed by atoms with Crippen molar-refractivity contribution in [3.63, 3.8) is 0 Å². The number of hydrogen-bond donors (Lipinski definition) is 0. The SMILES string of the molecule is O=C(CN1C(=O)c2ccc([N+](=O)[O-])cc2C1=O)OCCOc1ccc(Cl)cc1. The maximum atomic E-state index is 12.3. The maximum Gasteiger partial charge on any atom is 0.326 e. The quantitative estimate of drug-likeness (QED) is 0.229. The lowest BCUT2D eigenvalue weighted by atomic mass is 10.1. The Kier molecular flexibility index (Phi) is 5.55. The fourth-order valence-electron chi connectivity index (χ4n) is 2.56. The van der Waals surface area contributed by atoms with E-state index in [9.17, 15) is 24.5 Å². The van der Waals surface area contributed by atoms with Gasteiger partial charge >= 0.3 is 5.97 Å². The van der Waals surface area contributed by atoms with Crippen molar-refractivity contribution in [3.05, 3.63) is 68.7 Å². The van der Waals surface area contributed by atoms with Crippen LogP contribution < -0.4 is 4.74 Å². The summed E-state index contributed by atoms with van der Waals surface area (Å²) in [7, 11) is 0. The van der Waals surface area contributed by atoms with Crippen LogP contribution in [-0.2, 0) is 9.53 Å². The first kappa shape index (κ1) is 19.3. The van der Waals surface area contributed by atoms with Crippen LogP contribution in [0.4, 0.5) is 5.69 Å². The number of fused-ring (bicyclic) bond motifs is 1. The van der Waals surface area contributed by atoms with Gasteiger partial charge < -0.3 is 9.47 Å². The lowest BCUT2D eigenvalue weighted by molar-refractivity contribution is -0.384. The monoisotopic (exact) mass is 404 g/mol. The van der Waals surface area contributed by atoms with Crippen molar-refractivity contribution in [2.24, 2.45) is 0 Å². The molecule has 3 rings (SSSR count). The molecule has 0 fully saturated rings. The summed E-state index contributed by atoms with van der Waals surface area (Å²) >= 11 is 5.76. The molecule has 2 aromatic carbocycles. The van der Waals surface area contributed by atoms with Gasteiger partial charge in [-0.25, -0.2) is 0 Å². The Bertz CT molecular complexity index is 959. The molecule has 0 bridgehead atoms. The molecule has 28 heavy (non-hydrogen) atoms. The molecule has 0 atom stereocenters. The number of nitro groups is 1. The predicted molar refractivity (Wildman–Crippen MR) is 96.4 cm³/mol. The normalized spacial score (nSPS) is 12.7. The molecule has 1 aliphatic rings. The Hall–Kier alpha value is -3.46. The van der Waals surface area contributed by atoms with Crippen molar-refractivity contribution in [2.75, 3.05) is 19.8 Å². The van der Waals surface area contributed by atoms with Gasteiger partial charge in [0.15, 0.2) is 0 Å². The van der Waals surface area contributed by atoms with Crippen LogP contribution in [0, 0.1) is 10.1 Å². The molecule has 10 heteroatoms. The summed E-state index contributed by atoms with van der Waals surface area (Å²) in [4.78, 5) is 47.3. The van der Waals surface area contributed by atoms with Gasteiger partial charge in [0, 0.05) is 17.2 Å². The highest BCUT2D eigenvalue weighted by molar-refractivity contribution is 6.30. The second-order valence-electron chi connectivity index (χ2n) is 5.71. The molecule has 0 aromatic heterocycles. The number of nitrogens with zero attached hydrogens (tertiary/aromatic N) is 2. The fraction of sp³-hybridized carbons (Fsp3) is 0.167. The molecule has 0 saturated carbocycles. The van der Waals surface area contributed by atoms with E-state index in [1.54, 1.807) is 24.3 Å². The van der Waals surface area contributed by atoms with Crippen molar-refractivity contribution in [1.29, 1.82) is 0 Å². The Balaban J connectivity index is 1.52. The molecule has 144 valence electrons. The van der Waals surface area contributed by atoms with Gasteiger partial charge in [0.25, 0.3) is 17.5 Å². The number of nitro benzene ring substituents is 1. The first-order chi connectivity index (χ1) is 13.4. The van der Waals surface area contributed by atoms with Gasteiger partial charge in [-0.2, -0.15) is 0 Å². The Labute approximate surface area is 163 Å². The van der Waals surface area contributed by atoms with Crippen molar-refractivity contribution in [1.82, 2.24) is 4.90 Å². The van der Waals surface area contributed by atoms with Gasteiger partial charge in [0.05, 0.1) is 16.1 Å². The minimum atomic E-state index is -0.802. The zero-order valence-electron chi connectivity index (χ0n) is 14.3. The van der Waals surface area contributed by atoms with E-state index in [0.29, 0.717) is 15.7 Å². The number of carbonyl (C=O) groups is 3. The van der Waals surface area contributed by atoms with Crippen LogP contribution in [-0.4, -0.2) is 47.4 Å². The second kappa shape index (κ2) is 8.05. The number of benzene rings is 2. The average molecular weight is 405 g/mol. The van der Waals surface area contributed by atoms with Gasteiger partial charge in [-0.05, 0) is 30.3 Å². The van der Waals surface area contributed by atoms with Gasteiger partial charge in [-0.1, -0.05) is 11.6 Å². The van der Waals surface area contributed by atoms with Gasteiger partial charge in [0.2, 0.25) is 0 Å². The largest absolute Gasteiger partial charge is 0.490 e. The maximum absolute atomic E-state index is 12.3. The molecule has 0 unspecified atom stereocenters. The summed E-state index contributed by atoms with van der Waals surface area (Å²) in [6.45, 7) is -0.612. The molecule has 0 aliphatic carbocycles. The summed E-state index contributed by atoms with van der Waals surface area (Å²) < 4.78 is 10.3. The summed E-state index contributed by atoms with van der Waals surface area (Å²) in [5, 5.41) is 11.4. The number of amides is 2. The van der Waals surface area contributed by atoms with E-state index >= 15 is 0 Å². The minimum Gasteiger partial charge on any atom is -0.490 e. The molecular weight excluding hydrogens is 392 g/mol. The van der Waals surface area contributed by atoms with Crippen LogP contribution in [0.2, 0.25) is 5.02 Å². The van der Waals surface area contributed by atoms with Crippen molar-refractivity contribution >= 4 is 35.1 Å². The Morgan fingerprint density at radius 1 is 1.04 bits per heavy atom. The number of imide groups is 1. The van der Waals surface area contributed by atoms with Crippen molar-refractivity contribution in [3.8, 4) is 5.75 Å². The van der Waals surface area contributed by atoms with E-state index in [4.69, 9.17) is 21.1 Å². The number of non-ortho nitro benzene ring substituents is 1. The van der Waals surface area contributed by atoms with E-state index in [0.717, 1.165) is 12.1 Å². The number of hydrogen-bond acceptors (Lipinski definition) is 7. The molecule has 1 heterocycles. The molecule has 0 spiro atoms. The molecule has 0 saturated heterocycles. The molecular formula is C18H13ClN2O7. The standard InChI is InChI=1S/C18H13ClN2O7/c19-11-1-4-13(5-2-11)27-7-8-28-16(22)10-20-17(23)14-6-3-12(21(25)26)9-15(14)18(20)24/h1-6,9H,7-8,10H2. The van der Waals surface area contributed by atoms with E-state index in [-0.39, 0.29) is 30.0 Å². The topological polar surface area (TPSA) is 116 Å². The molecule has 0 radical (unpaired) electrons. The van der Waals surface area contributed by atoms with Crippen LogP contribution in [0.15, 0.2) is 42.5 Å². The molecule has 2 aromatic rings. The minimum absolute atomic E-state index is 0.00877. The van der Waals surface area contributed by atoms with Gasteiger partial charge in [-0.3, -0.25) is 29.4 Å². The van der Waals surface area contributed by atoms with E-state index in [1.165, 1.54) is 6.07 Å². The Morgan fingerprint density at radius 3 is 2.39 bits per heavy atom. The Morgan fingerprint density at radius 2 is 1.71 bits per heavy atom. The van der Waals surface area contributed by atoms with Crippen LogP contribution >= 0.6 is 11.6 Å². The lowest BCUT2D eigenvalue weighted by Crippen LogP contribution is -2.36. The third-order valence-electron chi connectivity index (χ3n) is 3.88. The zero-order chi connectivity index (χ0) is 20.3. The molecule has 9 nitrogen and oxygen atoms in total.